The minimum Gasteiger partial charge on any atom is -0.312 e. The van der Waals surface area contributed by atoms with Crippen LogP contribution in [0.1, 0.15) is 37.1 Å². The van der Waals surface area contributed by atoms with E-state index in [2.05, 4.69) is 17.0 Å². The Hall–Kier alpha value is -0.430. The Balaban J connectivity index is 2.16. The van der Waals surface area contributed by atoms with Gasteiger partial charge in [0.2, 0.25) is 10.0 Å². The van der Waals surface area contributed by atoms with Crippen LogP contribution in [0.15, 0.2) is 10.3 Å². The third-order valence-corrected chi connectivity index (χ3v) is 6.47. The van der Waals surface area contributed by atoms with Crippen molar-refractivity contribution in [1.29, 1.82) is 0 Å². The SMILES string of the molecule is CCNCc1scc(C)c1S(=O)(=O)NC1CC(C)C1. The Labute approximate surface area is 119 Å². The first-order valence-corrected chi connectivity index (χ1v) is 9.10. The van der Waals surface area contributed by atoms with Crippen molar-refractivity contribution in [3.8, 4) is 0 Å². The topological polar surface area (TPSA) is 58.2 Å². The van der Waals surface area contributed by atoms with E-state index in [4.69, 9.17) is 0 Å². The molecular formula is C13H22N2O2S2. The number of nitrogens with one attached hydrogen (secondary N) is 2. The number of hydrogen-bond acceptors (Lipinski definition) is 4. The van der Waals surface area contributed by atoms with E-state index < -0.39 is 10.0 Å². The number of sulfonamides is 1. The molecule has 0 amide bonds. The van der Waals surface area contributed by atoms with Crippen molar-refractivity contribution in [1.82, 2.24) is 10.0 Å². The second-order valence-electron chi connectivity index (χ2n) is 5.35. The van der Waals surface area contributed by atoms with Crippen LogP contribution in [0.5, 0.6) is 0 Å². The molecule has 6 heteroatoms. The highest BCUT2D eigenvalue weighted by molar-refractivity contribution is 7.89. The van der Waals surface area contributed by atoms with Crippen molar-refractivity contribution in [2.45, 2.75) is 51.1 Å². The van der Waals surface area contributed by atoms with Crippen LogP contribution < -0.4 is 10.0 Å². The van der Waals surface area contributed by atoms with Gasteiger partial charge >= 0.3 is 0 Å². The van der Waals surface area contributed by atoms with E-state index in [9.17, 15) is 8.42 Å². The molecule has 1 aliphatic carbocycles. The second kappa shape index (κ2) is 5.91. The molecule has 0 saturated heterocycles. The smallest absolute Gasteiger partial charge is 0.242 e. The molecule has 0 unspecified atom stereocenters. The molecule has 108 valence electrons. The summed E-state index contributed by atoms with van der Waals surface area (Å²) in [6, 6.07) is 0.117. The van der Waals surface area contributed by atoms with E-state index in [1.54, 1.807) is 0 Å². The molecule has 0 spiro atoms. The zero-order valence-electron chi connectivity index (χ0n) is 11.7. The van der Waals surface area contributed by atoms with E-state index in [-0.39, 0.29) is 6.04 Å². The van der Waals surface area contributed by atoms with Crippen molar-refractivity contribution < 1.29 is 8.42 Å². The third-order valence-electron chi connectivity index (χ3n) is 3.49. The fourth-order valence-electron chi connectivity index (χ4n) is 2.49. The molecule has 0 aliphatic heterocycles. The maximum Gasteiger partial charge on any atom is 0.242 e. The van der Waals surface area contributed by atoms with Crippen LogP contribution in [0, 0.1) is 12.8 Å². The molecule has 2 rings (SSSR count). The van der Waals surface area contributed by atoms with E-state index in [0.717, 1.165) is 29.8 Å². The minimum absolute atomic E-state index is 0.117. The van der Waals surface area contributed by atoms with Crippen molar-refractivity contribution in [3.63, 3.8) is 0 Å². The summed E-state index contributed by atoms with van der Waals surface area (Å²) in [7, 11) is -3.37. The Morgan fingerprint density at radius 3 is 2.68 bits per heavy atom. The number of rotatable bonds is 6. The molecule has 1 fully saturated rings. The van der Waals surface area contributed by atoms with Gasteiger partial charge in [-0.2, -0.15) is 0 Å². The predicted octanol–water partition coefficient (Wildman–Crippen LogP) is 2.24. The summed E-state index contributed by atoms with van der Waals surface area (Å²) in [5.41, 5.74) is 0.845. The second-order valence-corrected chi connectivity index (χ2v) is 7.96. The molecule has 2 N–H and O–H groups in total. The highest BCUT2D eigenvalue weighted by Crippen LogP contribution is 2.31. The van der Waals surface area contributed by atoms with Crippen LogP contribution in [-0.4, -0.2) is 21.0 Å². The minimum atomic E-state index is -3.37. The summed E-state index contributed by atoms with van der Waals surface area (Å²) in [6.45, 7) is 7.49. The largest absolute Gasteiger partial charge is 0.312 e. The normalized spacial score (nSPS) is 23.3. The van der Waals surface area contributed by atoms with E-state index in [1.165, 1.54) is 11.3 Å². The standard InChI is InChI=1S/C13H22N2O2S2/c1-4-14-7-12-13(10(3)8-18-12)19(16,17)15-11-5-9(2)6-11/h8-9,11,14-15H,4-7H2,1-3H3. The van der Waals surface area contributed by atoms with Crippen LogP contribution in [0.25, 0.3) is 0 Å². The summed E-state index contributed by atoms with van der Waals surface area (Å²) in [5.74, 6) is 0.637. The van der Waals surface area contributed by atoms with Gasteiger partial charge in [0, 0.05) is 17.5 Å². The van der Waals surface area contributed by atoms with Crippen molar-refractivity contribution in [2.75, 3.05) is 6.54 Å². The van der Waals surface area contributed by atoms with Crippen molar-refractivity contribution >= 4 is 21.4 Å². The van der Waals surface area contributed by atoms with Gasteiger partial charge < -0.3 is 5.32 Å². The maximum absolute atomic E-state index is 12.5. The van der Waals surface area contributed by atoms with Gasteiger partial charge in [0.15, 0.2) is 0 Å². The van der Waals surface area contributed by atoms with Gasteiger partial charge in [-0.05, 0) is 43.2 Å². The average Bonchev–Trinajstić information content (AvgIpc) is 2.66. The highest BCUT2D eigenvalue weighted by Gasteiger charge is 2.31. The van der Waals surface area contributed by atoms with Crippen LogP contribution in [0.3, 0.4) is 0 Å². The number of thiophene rings is 1. The van der Waals surface area contributed by atoms with E-state index >= 15 is 0 Å². The molecule has 1 aromatic heterocycles. The zero-order valence-corrected chi connectivity index (χ0v) is 13.3. The van der Waals surface area contributed by atoms with E-state index in [0.29, 0.717) is 17.4 Å². The lowest BCUT2D eigenvalue weighted by molar-refractivity contribution is 0.270. The van der Waals surface area contributed by atoms with E-state index in [1.807, 2.05) is 19.2 Å². The van der Waals surface area contributed by atoms with Gasteiger partial charge in [0.25, 0.3) is 0 Å². The Bertz CT molecular complexity index is 531. The van der Waals surface area contributed by atoms with Crippen LogP contribution >= 0.6 is 11.3 Å². The van der Waals surface area contributed by atoms with Gasteiger partial charge in [-0.3, -0.25) is 0 Å². The molecule has 1 aromatic rings. The summed E-state index contributed by atoms with van der Waals surface area (Å²) >= 11 is 1.51. The lowest BCUT2D eigenvalue weighted by atomic mass is 9.83. The maximum atomic E-state index is 12.5. The third kappa shape index (κ3) is 3.37. The van der Waals surface area contributed by atoms with Crippen LogP contribution in [-0.2, 0) is 16.6 Å². The monoisotopic (exact) mass is 302 g/mol. The Morgan fingerprint density at radius 1 is 1.42 bits per heavy atom. The fraction of sp³-hybridized carbons (Fsp3) is 0.692. The molecule has 1 saturated carbocycles. The lowest BCUT2D eigenvalue weighted by Gasteiger charge is -2.33. The quantitative estimate of drug-likeness (QED) is 0.847. The highest BCUT2D eigenvalue weighted by atomic mass is 32.2. The van der Waals surface area contributed by atoms with Gasteiger partial charge in [-0.1, -0.05) is 13.8 Å². The Morgan fingerprint density at radius 2 is 2.11 bits per heavy atom. The first-order valence-electron chi connectivity index (χ1n) is 6.74. The molecule has 0 radical (unpaired) electrons. The van der Waals surface area contributed by atoms with Crippen molar-refractivity contribution in [2.24, 2.45) is 5.92 Å². The fourth-order valence-corrected chi connectivity index (χ4v) is 5.53. The summed E-state index contributed by atoms with van der Waals surface area (Å²) in [6.07, 6.45) is 1.90. The molecular weight excluding hydrogens is 280 g/mol. The molecule has 0 atom stereocenters. The summed E-state index contributed by atoms with van der Waals surface area (Å²) < 4.78 is 27.8. The van der Waals surface area contributed by atoms with Gasteiger partial charge in [0.1, 0.15) is 4.90 Å². The number of aryl methyl sites for hydroxylation is 1. The Kier molecular flexibility index (Phi) is 4.66. The molecule has 1 aliphatic rings. The molecule has 19 heavy (non-hydrogen) atoms. The molecule has 0 aromatic carbocycles. The molecule has 4 nitrogen and oxygen atoms in total. The summed E-state index contributed by atoms with van der Waals surface area (Å²) in [5, 5.41) is 5.12. The molecule has 0 bridgehead atoms. The summed E-state index contributed by atoms with van der Waals surface area (Å²) in [4.78, 5) is 1.39. The van der Waals surface area contributed by atoms with Gasteiger partial charge in [0.05, 0.1) is 0 Å². The zero-order chi connectivity index (χ0) is 14.0. The van der Waals surface area contributed by atoms with Gasteiger partial charge in [-0.15, -0.1) is 11.3 Å². The first-order chi connectivity index (χ1) is 8.94. The molecule has 1 heterocycles. The lowest BCUT2D eigenvalue weighted by Crippen LogP contribution is -2.43. The number of hydrogen-bond donors (Lipinski definition) is 2. The van der Waals surface area contributed by atoms with Crippen LogP contribution in [0.2, 0.25) is 0 Å². The predicted molar refractivity (Wildman–Crippen MR) is 78.9 cm³/mol. The van der Waals surface area contributed by atoms with Gasteiger partial charge in [-0.25, -0.2) is 13.1 Å². The van der Waals surface area contributed by atoms with Crippen molar-refractivity contribution in [3.05, 3.63) is 15.8 Å². The van der Waals surface area contributed by atoms with Crippen LogP contribution in [0.4, 0.5) is 0 Å². The first kappa shape index (κ1) is 15.0. The average molecular weight is 302 g/mol.